The Morgan fingerprint density at radius 2 is 2.39 bits per heavy atom. The largest absolute Gasteiger partial charge is 0.493 e. The lowest BCUT2D eigenvalue weighted by Crippen LogP contribution is -2.09. The van der Waals surface area contributed by atoms with E-state index in [1.165, 1.54) is 5.56 Å². The van der Waals surface area contributed by atoms with E-state index >= 15 is 0 Å². The van der Waals surface area contributed by atoms with Crippen molar-refractivity contribution in [3.63, 3.8) is 0 Å². The molecule has 4 nitrogen and oxygen atoms in total. The molecule has 18 heavy (non-hydrogen) atoms. The molecule has 0 bridgehead atoms. The number of imidazole rings is 1. The third-order valence-electron chi connectivity index (χ3n) is 3.25. The van der Waals surface area contributed by atoms with Gasteiger partial charge in [-0.05, 0) is 43.7 Å². The summed E-state index contributed by atoms with van der Waals surface area (Å²) in [7, 11) is 1.94. The second-order valence-corrected chi connectivity index (χ2v) is 4.53. The molecule has 2 N–H and O–H groups in total. The summed E-state index contributed by atoms with van der Waals surface area (Å²) < 4.78 is 5.63. The Labute approximate surface area is 106 Å². The first-order valence-electron chi connectivity index (χ1n) is 6.31. The van der Waals surface area contributed by atoms with Gasteiger partial charge < -0.3 is 15.0 Å². The van der Waals surface area contributed by atoms with Crippen LogP contribution in [0, 0.1) is 0 Å². The lowest BCUT2D eigenvalue weighted by atomic mass is 10.0. The van der Waals surface area contributed by atoms with Crippen LogP contribution < -0.4 is 10.1 Å². The van der Waals surface area contributed by atoms with E-state index in [0.717, 1.165) is 48.7 Å². The van der Waals surface area contributed by atoms with Crippen molar-refractivity contribution in [3.05, 3.63) is 35.8 Å². The number of nitrogens with one attached hydrogen (secondary N) is 2. The first-order chi connectivity index (χ1) is 8.88. The number of aromatic amines is 1. The third kappa shape index (κ3) is 1.99. The van der Waals surface area contributed by atoms with Gasteiger partial charge >= 0.3 is 0 Å². The molecule has 4 heteroatoms. The zero-order valence-electron chi connectivity index (χ0n) is 10.5. The molecule has 0 aliphatic carbocycles. The van der Waals surface area contributed by atoms with Crippen LogP contribution in [-0.2, 0) is 13.0 Å². The Kier molecular flexibility index (Phi) is 3.02. The van der Waals surface area contributed by atoms with E-state index in [0.29, 0.717) is 0 Å². The first kappa shape index (κ1) is 11.3. The standard InChI is InChI=1S/C14H17N3O/c1-15-8-12-14(17-9-16-12)11-4-5-13-10(7-11)3-2-6-18-13/h4-5,7,9,15H,2-3,6,8H2,1H3,(H,16,17). The molecule has 1 aromatic carbocycles. The van der Waals surface area contributed by atoms with Crippen molar-refractivity contribution in [2.75, 3.05) is 13.7 Å². The van der Waals surface area contributed by atoms with E-state index in [1.807, 2.05) is 7.05 Å². The summed E-state index contributed by atoms with van der Waals surface area (Å²) in [5.41, 5.74) is 4.59. The molecule has 1 aromatic heterocycles. The highest BCUT2D eigenvalue weighted by Gasteiger charge is 2.13. The van der Waals surface area contributed by atoms with E-state index in [-0.39, 0.29) is 0 Å². The van der Waals surface area contributed by atoms with Crippen molar-refractivity contribution < 1.29 is 4.74 Å². The minimum atomic E-state index is 0.795. The smallest absolute Gasteiger partial charge is 0.122 e. The summed E-state index contributed by atoms with van der Waals surface area (Å²) in [4.78, 5) is 7.60. The normalized spacial score (nSPS) is 14.1. The maximum absolute atomic E-state index is 5.63. The van der Waals surface area contributed by atoms with Crippen molar-refractivity contribution >= 4 is 0 Å². The van der Waals surface area contributed by atoms with Crippen LogP contribution in [0.4, 0.5) is 0 Å². The van der Waals surface area contributed by atoms with Gasteiger partial charge in [-0.25, -0.2) is 4.98 Å². The molecule has 0 unspecified atom stereocenters. The van der Waals surface area contributed by atoms with Crippen LogP contribution in [0.3, 0.4) is 0 Å². The molecule has 0 saturated heterocycles. The predicted molar refractivity (Wildman–Crippen MR) is 70.6 cm³/mol. The molecule has 94 valence electrons. The lowest BCUT2D eigenvalue weighted by Gasteiger charge is -2.17. The number of hydrogen-bond acceptors (Lipinski definition) is 3. The highest BCUT2D eigenvalue weighted by molar-refractivity contribution is 5.64. The molecule has 3 rings (SSSR count). The van der Waals surface area contributed by atoms with Gasteiger partial charge in [-0.3, -0.25) is 0 Å². The van der Waals surface area contributed by atoms with E-state index < -0.39 is 0 Å². The van der Waals surface area contributed by atoms with Crippen molar-refractivity contribution in [2.45, 2.75) is 19.4 Å². The summed E-state index contributed by atoms with van der Waals surface area (Å²) in [6.07, 6.45) is 3.94. The van der Waals surface area contributed by atoms with Gasteiger partial charge in [0, 0.05) is 12.1 Å². The topological polar surface area (TPSA) is 49.9 Å². The number of ether oxygens (including phenoxy) is 1. The molecule has 0 saturated carbocycles. The van der Waals surface area contributed by atoms with Gasteiger partial charge in [0.25, 0.3) is 0 Å². The van der Waals surface area contributed by atoms with Crippen LogP contribution in [0.15, 0.2) is 24.5 Å². The number of hydrogen-bond donors (Lipinski definition) is 2. The molecule has 0 amide bonds. The van der Waals surface area contributed by atoms with Crippen molar-refractivity contribution in [1.29, 1.82) is 0 Å². The van der Waals surface area contributed by atoms with Gasteiger partial charge in [-0.2, -0.15) is 0 Å². The van der Waals surface area contributed by atoms with E-state index in [1.54, 1.807) is 6.33 Å². The monoisotopic (exact) mass is 243 g/mol. The number of benzene rings is 1. The van der Waals surface area contributed by atoms with Gasteiger partial charge in [-0.1, -0.05) is 0 Å². The van der Waals surface area contributed by atoms with Crippen molar-refractivity contribution in [1.82, 2.24) is 15.3 Å². The fourth-order valence-corrected chi connectivity index (χ4v) is 2.39. The number of aromatic nitrogens is 2. The van der Waals surface area contributed by atoms with Gasteiger partial charge in [0.2, 0.25) is 0 Å². The Morgan fingerprint density at radius 1 is 1.44 bits per heavy atom. The van der Waals surface area contributed by atoms with Crippen LogP contribution >= 0.6 is 0 Å². The van der Waals surface area contributed by atoms with Crippen LogP contribution in [0.25, 0.3) is 11.3 Å². The SMILES string of the molecule is CNCc1[nH]cnc1-c1ccc2c(c1)CCCO2. The summed E-state index contributed by atoms with van der Waals surface area (Å²) in [6.45, 7) is 1.63. The highest BCUT2D eigenvalue weighted by Crippen LogP contribution is 2.30. The summed E-state index contributed by atoms with van der Waals surface area (Å²) in [5.74, 6) is 1.02. The molecule has 0 fully saturated rings. The van der Waals surface area contributed by atoms with Crippen LogP contribution in [0.2, 0.25) is 0 Å². The summed E-state index contributed by atoms with van der Waals surface area (Å²) in [5, 5.41) is 3.15. The molecular weight excluding hydrogens is 226 g/mol. The molecule has 0 atom stereocenters. The molecule has 0 radical (unpaired) electrons. The summed E-state index contributed by atoms with van der Waals surface area (Å²) >= 11 is 0. The Hall–Kier alpha value is -1.81. The first-order valence-corrected chi connectivity index (χ1v) is 6.31. The van der Waals surface area contributed by atoms with E-state index in [9.17, 15) is 0 Å². The van der Waals surface area contributed by atoms with Crippen molar-refractivity contribution in [3.8, 4) is 17.0 Å². The van der Waals surface area contributed by atoms with Gasteiger partial charge in [0.15, 0.2) is 0 Å². The highest BCUT2D eigenvalue weighted by atomic mass is 16.5. The number of H-pyrrole nitrogens is 1. The maximum Gasteiger partial charge on any atom is 0.122 e. The second-order valence-electron chi connectivity index (χ2n) is 4.53. The summed E-state index contributed by atoms with van der Waals surface area (Å²) in [6, 6.07) is 6.34. The molecular formula is C14H17N3O. The molecule has 1 aliphatic heterocycles. The van der Waals surface area contributed by atoms with E-state index in [2.05, 4.69) is 33.5 Å². The third-order valence-corrected chi connectivity index (χ3v) is 3.25. The van der Waals surface area contributed by atoms with Crippen molar-refractivity contribution in [2.24, 2.45) is 0 Å². The molecule has 2 aromatic rings. The van der Waals surface area contributed by atoms with Gasteiger partial charge in [0.05, 0.1) is 24.3 Å². The zero-order valence-corrected chi connectivity index (χ0v) is 10.5. The predicted octanol–water partition coefficient (Wildman–Crippen LogP) is 2.12. The second kappa shape index (κ2) is 4.82. The average Bonchev–Trinajstić information content (AvgIpc) is 2.87. The minimum Gasteiger partial charge on any atom is -0.493 e. The van der Waals surface area contributed by atoms with Gasteiger partial charge in [0.1, 0.15) is 5.75 Å². The quantitative estimate of drug-likeness (QED) is 0.868. The van der Waals surface area contributed by atoms with Crippen LogP contribution in [0.5, 0.6) is 5.75 Å². The number of fused-ring (bicyclic) bond motifs is 1. The fraction of sp³-hybridized carbons (Fsp3) is 0.357. The van der Waals surface area contributed by atoms with E-state index in [4.69, 9.17) is 4.74 Å². The Morgan fingerprint density at radius 3 is 3.28 bits per heavy atom. The number of nitrogens with zero attached hydrogens (tertiary/aromatic N) is 1. The maximum atomic E-state index is 5.63. The Bertz CT molecular complexity index is 548. The van der Waals surface area contributed by atoms with Crippen LogP contribution in [-0.4, -0.2) is 23.6 Å². The number of aryl methyl sites for hydroxylation is 1. The molecule has 2 heterocycles. The lowest BCUT2D eigenvalue weighted by molar-refractivity contribution is 0.288. The van der Waals surface area contributed by atoms with Crippen LogP contribution in [0.1, 0.15) is 17.7 Å². The minimum absolute atomic E-state index is 0.795. The average molecular weight is 243 g/mol. The molecule has 0 spiro atoms. The number of rotatable bonds is 3. The van der Waals surface area contributed by atoms with Gasteiger partial charge in [-0.15, -0.1) is 0 Å². The molecule has 1 aliphatic rings. The Balaban J connectivity index is 1.98. The fourth-order valence-electron chi connectivity index (χ4n) is 2.39. The zero-order chi connectivity index (χ0) is 12.4.